The molecule has 1 aromatic heterocycles. The molecule has 4 heteroatoms. The highest BCUT2D eigenvalue weighted by Crippen LogP contribution is 2.19. The fourth-order valence-corrected chi connectivity index (χ4v) is 2.47. The minimum Gasteiger partial charge on any atom is -0.309 e. The Balaban J connectivity index is 2.48. The summed E-state index contributed by atoms with van der Waals surface area (Å²) in [5.74, 6) is 0. The van der Waals surface area contributed by atoms with Gasteiger partial charge in [-0.25, -0.2) is 4.68 Å². The number of nitrogens with zero attached hydrogens (tertiary/aromatic N) is 3. The van der Waals surface area contributed by atoms with Crippen LogP contribution in [0.3, 0.4) is 0 Å². The number of aryl methyl sites for hydroxylation is 1. The number of unbranched alkanes of at least 4 members (excludes halogenated alkanes) is 4. The van der Waals surface area contributed by atoms with Crippen LogP contribution < -0.4 is 5.32 Å². The third kappa shape index (κ3) is 5.72. The van der Waals surface area contributed by atoms with Gasteiger partial charge in [0.1, 0.15) is 0 Å². The van der Waals surface area contributed by atoms with Gasteiger partial charge in [0.25, 0.3) is 0 Å². The molecule has 19 heavy (non-hydrogen) atoms. The van der Waals surface area contributed by atoms with Crippen molar-refractivity contribution in [2.24, 2.45) is 0 Å². The molecular weight excluding hydrogens is 236 g/mol. The molecule has 0 spiro atoms. The van der Waals surface area contributed by atoms with Gasteiger partial charge in [0.2, 0.25) is 0 Å². The number of nitrogens with one attached hydrogen (secondary N) is 1. The third-order valence-corrected chi connectivity index (χ3v) is 3.49. The van der Waals surface area contributed by atoms with Gasteiger partial charge in [-0.3, -0.25) is 0 Å². The summed E-state index contributed by atoms with van der Waals surface area (Å²) in [6.45, 7) is 8.57. The molecule has 0 aliphatic carbocycles. The summed E-state index contributed by atoms with van der Waals surface area (Å²) in [6.07, 6.45) is 10.9. The first kappa shape index (κ1) is 16.2. The molecule has 0 saturated carbocycles. The predicted octanol–water partition coefficient (Wildman–Crippen LogP) is 3.70. The van der Waals surface area contributed by atoms with E-state index in [1.807, 2.05) is 6.20 Å². The van der Waals surface area contributed by atoms with Crippen LogP contribution in [0.5, 0.6) is 0 Å². The molecule has 1 unspecified atom stereocenters. The second kappa shape index (κ2) is 9.96. The van der Waals surface area contributed by atoms with Crippen LogP contribution in [0.15, 0.2) is 6.20 Å². The first-order chi connectivity index (χ1) is 9.33. The van der Waals surface area contributed by atoms with Crippen molar-refractivity contribution in [3.63, 3.8) is 0 Å². The number of hydrogen-bond acceptors (Lipinski definition) is 3. The monoisotopic (exact) mass is 266 g/mol. The third-order valence-electron chi connectivity index (χ3n) is 3.49. The van der Waals surface area contributed by atoms with Crippen LogP contribution in [0, 0.1) is 0 Å². The Morgan fingerprint density at radius 3 is 2.58 bits per heavy atom. The maximum Gasteiger partial charge on any atom is 0.0756 e. The van der Waals surface area contributed by atoms with Crippen LogP contribution in [0.4, 0.5) is 0 Å². The largest absolute Gasteiger partial charge is 0.309 e. The van der Waals surface area contributed by atoms with E-state index < -0.39 is 0 Å². The van der Waals surface area contributed by atoms with Crippen molar-refractivity contribution in [2.75, 3.05) is 6.54 Å². The molecular formula is C15H30N4. The molecule has 1 rings (SSSR count). The van der Waals surface area contributed by atoms with E-state index in [9.17, 15) is 0 Å². The van der Waals surface area contributed by atoms with Gasteiger partial charge in [0.05, 0.1) is 17.9 Å². The maximum atomic E-state index is 4.19. The quantitative estimate of drug-likeness (QED) is 0.621. The Morgan fingerprint density at radius 1 is 1.11 bits per heavy atom. The summed E-state index contributed by atoms with van der Waals surface area (Å²) in [5.41, 5.74) is 1.25. The second-order valence-corrected chi connectivity index (χ2v) is 5.20. The van der Waals surface area contributed by atoms with Crippen LogP contribution in [0.25, 0.3) is 0 Å². The van der Waals surface area contributed by atoms with Crippen LogP contribution in [0.2, 0.25) is 0 Å². The van der Waals surface area contributed by atoms with Gasteiger partial charge in [0, 0.05) is 6.54 Å². The van der Waals surface area contributed by atoms with Crippen molar-refractivity contribution in [1.29, 1.82) is 0 Å². The summed E-state index contributed by atoms with van der Waals surface area (Å²) in [6, 6.07) is 0.410. The summed E-state index contributed by atoms with van der Waals surface area (Å²) in [4.78, 5) is 0. The second-order valence-electron chi connectivity index (χ2n) is 5.20. The average molecular weight is 266 g/mol. The Hall–Kier alpha value is -0.900. The standard InChI is InChI=1S/C15H30N4/c1-4-7-8-9-10-11-14(16-6-3)15-13-17-18-19(15)12-5-2/h13-14,16H,4-12H2,1-3H3. The lowest BCUT2D eigenvalue weighted by atomic mass is 10.0. The highest BCUT2D eigenvalue weighted by molar-refractivity contribution is 5.02. The van der Waals surface area contributed by atoms with E-state index >= 15 is 0 Å². The van der Waals surface area contributed by atoms with Gasteiger partial charge in [-0.15, -0.1) is 5.10 Å². The molecule has 1 aromatic rings. The molecule has 1 heterocycles. The van der Waals surface area contributed by atoms with Crippen molar-refractivity contribution in [3.8, 4) is 0 Å². The summed E-state index contributed by atoms with van der Waals surface area (Å²) < 4.78 is 2.05. The fourth-order valence-electron chi connectivity index (χ4n) is 2.47. The smallest absolute Gasteiger partial charge is 0.0756 e. The fraction of sp³-hybridized carbons (Fsp3) is 0.867. The maximum absolute atomic E-state index is 4.19. The molecule has 0 amide bonds. The van der Waals surface area contributed by atoms with E-state index in [4.69, 9.17) is 0 Å². The Labute approximate surface area is 118 Å². The van der Waals surface area contributed by atoms with Gasteiger partial charge in [0.15, 0.2) is 0 Å². The highest BCUT2D eigenvalue weighted by Gasteiger charge is 2.15. The van der Waals surface area contributed by atoms with E-state index in [0.29, 0.717) is 6.04 Å². The molecule has 0 bridgehead atoms. The zero-order valence-corrected chi connectivity index (χ0v) is 12.9. The van der Waals surface area contributed by atoms with Crippen LogP contribution in [-0.2, 0) is 6.54 Å². The van der Waals surface area contributed by atoms with Crippen LogP contribution in [-0.4, -0.2) is 21.5 Å². The molecule has 4 nitrogen and oxygen atoms in total. The lowest BCUT2D eigenvalue weighted by Crippen LogP contribution is -2.24. The first-order valence-corrected chi connectivity index (χ1v) is 7.95. The van der Waals surface area contributed by atoms with E-state index in [0.717, 1.165) is 19.5 Å². The molecule has 1 N–H and O–H groups in total. The molecule has 0 fully saturated rings. The van der Waals surface area contributed by atoms with Crippen molar-refractivity contribution in [1.82, 2.24) is 20.3 Å². The SMILES string of the molecule is CCCCCCCC(NCC)c1cnnn1CCC. The van der Waals surface area contributed by atoms with Gasteiger partial charge in [-0.1, -0.05) is 58.1 Å². The predicted molar refractivity (Wildman–Crippen MR) is 80.1 cm³/mol. The summed E-state index contributed by atoms with van der Waals surface area (Å²) in [7, 11) is 0. The average Bonchev–Trinajstić information content (AvgIpc) is 2.86. The van der Waals surface area contributed by atoms with Crippen molar-refractivity contribution in [3.05, 3.63) is 11.9 Å². The zero-order chi connectivity index (χ0) is 13.9. The van der Waals surface area contributed by atoms with Crippen LogP contribution in [0.1, 0.15) is 77.5 Å². The highest BCUT2D eigenvalue weighted by atomic mass is 15.4. The van der Waals surface area contributed by atoms with Crippen molar-refractivity contribution in [2.45, 2.75) is 78.3 Å². The lowest BCUT2D eigenvalue weighted by Gasteiger charge is -2.18. The Bertz CT molecular complexity index is 322. The molecule has 110 valence electrons. The van der Waals surface area contributed by atoms with Gasteiger partial charge < -0.3 is 5.32 Å². The molecule has 0 aliphatic rings. The van der Waals surface area contributed by atoms with Gasteiger partial charge in [-0.2, -0.15) is 0 Å². The van der Waals surface area contributed by atoms with Gasteiger partial charge >= 0.3 is 0 Å². The Kier molecular flexibility index (Phi) is 8.47. The number of hydrogen-bond donors (Lipinski definition) is 1. The van der Waals surface area contributed by atoms with Crippen molar-refractivity contribution < 1.29 is 0 Å². The molecule has 1 atom stereocenters. The number of aromatic nitrogens is 3. The zero-order valence-electron chi connectivity index (χ0n) is 12.9. The number of rotatable bonds is 11. The molecule has 0 aliphatic heterocycles. The lowest BCUT2D eigenvalue weighted by molar-refractivity contribution is 0.436. The van der Waals surface area contributed by atoms with Gasteiger partial charge in [-0.05, 0) is 19.4 Å². The van der Waals surface area contributed by atoms with Crippen LogP contribution >= 0.6 is 0 Å². The molecule has 0 aromatic carbocycles. The van der Waals surface area contributed by atoms with E-state index in [1.54, 1.807) is 0 Å². The molecule has 0 saturated heterocycles. The van der Waals surface area contributed by atoms with E-state index in [-0.39, 0.29) is 0 Å². The first-order valence-electron chi connectivity index (χ1n) is 7.95. The Morgan fingerprint density at radius 2 is 1.89 bits per heavy atom. The molecule has 0 radical (unpaired) electrons. The van der Waals surface area contributed by atoms with E-state index in [1.165, 1.54) is 44.2 Å². The topological polar surface area (TPSA) is 42.7 Å². The minimum absolute atomic E-state index is 0.410. The van der Waals surface area contributed by atoms with Crippen molar-refractivity contribution >= 4 is 0 Å². The summed E-state index contributed by atoms with van der Waals surface area (Å²) >= 11 is 0. The minimum atomic E-state index is 0.410. The summed E-state index contributed by atoms with van der Waals surface area (Å²) in [5, 5.41) is 11.8. The normalized spacial score (nSPS) is 12.8. The van der Waals surface area contributed by atoms with E-state index in [2.05, 4.69) is 41.1 Å².